The Morgan fingerprint density at radius 3 is 2.78 bits per heavy atom. The lowest BCUT2D eigenvalue weighted by molar-refractivity contribution is -0.120. The number of rotatable bonds is 4. The SMILES string of the molecule is N#Cc1ccc(CC(=O)NCc2nn[nH]n2)cc1. The molecule has 0 saturated carbocycles. The van der Waals surface area contributed by atoms with E-state index in [0.29, 0.717) is 11.4 Å². The summed E-state index contributed by atoms with van der Waals surface area (Å²) in [5.74, 6) is 0.299. The topological polar surface area (TPSA) is 107 Å². The zero-order valence-corrected chi connectivity index (χ0v) is 9.42. The summed E-state index contributed by atoms with van der Waals surface area (Å²) < 4.78 is 0. The van der Waals surface area contributed by atoms with Crippen molar-refractivity contribution in [3.05, 3.63) is 41.2 Å². The van der Waals surface area contributed by atoms with E-state index in [9.17, 15) is 4.79 Å². The van der Waals surface area contributed by atoms with Crippen LogP contribution >= 0.6 is 0 Å². The van der Waals surface area contributed by atoms with E-state index in [4.69, 9.17) is 5.26 Å². The van der Waals surface area contributed by atoms with E-state index in [1.807, 2.05) is 6.07 Å². The van der Waals surface area contributed by atoms with Gasteiger partial charge in [-0.15, -0.1) is 10.2 Å². The smallest absolute Gasteiger partial charge is 0.224 e. The minimum atomic E-state index is -0.135. The first kappa shape index (κ1) is 11.7. The van der Waals surface area contributed by atoms with Gasteiger partial charge in [-0.2, -0.15) is 10.5 Å². The molecule has 0 radical (unpaired) electrons. The van der Waals surface area contributed by atoms with Crippen molar-refractivity contribution in [2.75, 3.05) is 0 Å². The molecular weight excluding hydrogens is 232 g/mol. The number of aromatic amines is 1. The second-order valence-corrected chi connectivity index (χ2v) is 3.59. The minimum Gasteiger partial charge on any atom is -0.348 e. The molecule has 1 aromatic heterocycles. The fourth-order valence-corrected chi connectivity index (χ4v) is 1.38. The van der Waals surface area contributed by atoms with E-state index in [1.54, 1.807) is 24.3 Å². The molecule has 2 N–H and O–H groups in total. The molecule has 0 aliphatic rings. The lowest BCUT2D eigenvalue weighted by atomic mass is 10.1. The lowest BCUT2D eigenvalue weighted by Gasteiger charge is -2.02. The zero-order valence-electron chi connectivity index (χ0n) is 9.42. The van der Waals surface area contributed by atoms with Gasteiger partial charge in [-0.05, 0) is 17.7 Å². The van der Waals surface area contributed by atoms with Crippen LogP contribution in [0.25, 0.3) is 0 Å². The highest BCUT2D eigenvalue weighted by Crippen LogP contribution is 2.04. The second kappa shape index (κ2) is 5.54. The van der Waals surface area contributed by atoms with E-state index in [0.717, 1.165) is 5.56 Å². The molecule has 2 aromatic rings. The minimum absolute atomic E-state index is 0.135. The molecule has 1 heterocycles. The second-order valence-electron chi connectivity index (χ2n) is 3.59. The van der Waals surface area contributed by atoms with Gasteiger partial charge in [0, 0.05) is 0 Å². The number of tetrazole rings is 1. The highest BCUT2D eigenvalue weighted by atomic mass is 16.1. The van der Waals surface area contributed by atoms with E-state index >= 15 is 0 Å². The zero-order chi connectivity index (χ0) is 12.8. The molecule has 7 heteroatoms. The predicted octanol–water partition coefficient (Wildman–Crippen LogP) is -0.0697. The lowest BCUT2D eigenvalue weighted by Crippen LogP contribution is -2.25. The third-order valence-electron chi connectivity index (χ3n) is 2.28. The molecular formula is C11H10N6O. The fraction of sp³-hybridized carbons (Fsp3) is 0.182. The Labute approximate surface area is 103 Å². The average molecular weight is 242 g/mol. The monoisotopic (exact) mass is 242 g/mol. The summed E-state index contributed by atoms with van der Waals surface area (Å²) in [6.07, 6.45) is 0.254. The summed E-state index contributed by atoms with van der Waals surface area (Å²) in [4.78, 5) is 11.6. The molecule has 1 aromatic carbocycles. The maximum atomic E-state index is 11.6. The summed E-state index contributed by atoms with van der Waals surface area (Å²) >= 11 is 0. The fourth-order valence-electron chi connectivity index (χ4n) is 1.38. The van der Waals surface area contributed by atoms with Gasteiger partial charge in [0.1, 0.15) is 0 Å². The van der Waals surface area contributed by atoms with Crippen molar-refractivity contribution in [1.82, 2.24) is 25.9 Å². The standard InChI is InChI=1S/C11H10N6O/c12-6-9-3-1-8(2-4-9)5-11(18)13-7-10-14-16-17-15-10/h1-4H,5,7H2,(H,13,18)(H,14,15,16,17). The summed E-state index contributed by atoms with van der Waals surface area (Å²) in [5, 5.41) is 24.4. The first-order valence-electron chi connectivity index (χ1n) is 5.26. The van der Waals surface area contributed by atoms with Gasteiger partial charge in [0.15, 0.2) is 5.82 Å². The molecule has 0 fully saturated rings. The van der Waals surface area contributed by atoms with Crippen LogP contribution in [0.2, 0.25) is 0 Å². The van der Waals surface area contributed by atoms with Crippen LogP contribution in [0.3, 0.4) is 0 Å². The average Bonchev–Trinajstić information content (AvgIpc) is 2.90. The number of benzene rings is 1. The van der Waals surface area contributed by atoms with Gasteiger partial charge in [-0.25, -0.2) is 0 Å². The Hall–Kier alpha value is -2.75. The number of nitrogens with one attached hydrogen (secondary N) is 2. The number of hydrogen-bond acceptors (Lipinski definition) is 5. The molecule has 7 nitrogen and oxygen atoms in total. The number of nitrogens with zero attached hydrogens (tertiary/aromatic N) is 4. The summed E-state index contributed by atoms with van der Waals surface area (Å²) in [6, 6.07) is 8.90. The van der Waals surface area contributed by atoms with Crippen LogP contribution in [-0.4, -0.2) is 26.5 Å². The normalized spacial score (nSPS) is 9.72. The molecule has 90 valence electrons. The van der Waals surface area contributed by atoms with Crippen LogP contribution in [0, 0.1) is 11.3 Å². The van der Waals surface area contributed by atoms with Crippen molar-refractivity contribution in [3.63, 3.8) is 0 Å². The summed E-state index contributed by atoms with van der Waals surface area (Å²) in [5.41, 5.74) is 1.42. The molecule has 0 unspecified atom stereocenters. The summed E-state index contributed by atoms with van der Waals surface area (Å²) in [6.45, 7) is 0.242. The van der Waals surface area contributed by atoms with Crippen molar-refractivity contribution >= 4 is 5.91 Å². The van der Waals surface area contributed by atoms with Crippen molar-refractivity contribution in [3.8, 4) is 6.07 Å². The third kappa shape index (κ3) is 3.12. The van der Waals surface area contributed by atoms with Crippen LogP contribution in [0.5, 0.6) is 0 Å². The molecule has 0 aliphatic carbocycles. The van der Waals surface area contributed by atoms with Crippen LogP contribution in [-0.2, 0) is 17.8 Å². The molecule has 1 amide bonds. The van der Waals surface area contributed by atoms with Crippen molar-refractivity contribution in [2.24, 2.45) is 0 Å². The molecule has 0 saturated heterocycles. The van der Waals surface area contributed by atoms with Gasteiger partial charge in [0.2, 0.25) is 5.91 Å². The van der Waals surface area contributed by atoms with Crippen LogP contribution in [0.15, 0.2) is 24.3 Å². The molecule has 18 heavy (non-hydrogen) atoms. The largest absolute Gasteiger partial charge is 0.348 e. The third-order valence-corrected chi connectivity index (χ3v) is 2.28. The van der Waals surface area contributed by atoms with E-state index in [2.05, 4.69) is 25.9 Å². The van der Waals surface area contributed by atoms with Gasteiger partial charge in [0.05, 0.1) is 24.6 Å². The van der Waals surface area contributed by atoms with Crippen LogP contribution in [0.4, 0.5) is 0 Å². The van der Waals surface area contributed by atoms with Crippen LogP contribution in [0.1, 0.15) is 17.0 Å². The van der Waals surface area contributed by atoms with Crippen molar-refractivity contribution < 1.29 is 4.79 Å². The number of carbonyl (C=O) groups excluding carboxylic acids is 1. The first-order chi connectivity index (χ1) is 8.78. The highest BCUT2D eigenvalue weighted by Gasteiger charge is 2.05. The van der Waals surface area contributed by atoms with Gasteiger partial charge in [-0.3, -0.25) is 4.79 Å². The van der Waals surface area contributed by atoms with Crippen LogP contribution < -0.4 is 5.32 Å². The maximum Gasteiger partial charge on any atom is 0.224 e. The Kier molecular flexibility index (Phi) is 3.61. The maximum absolute atomic E-state index is 11.6. The molecule has 0 aliphatic heterocycles. The highest BCUT2D eigenvalue weighted by molar-refractivity contribution is 5.78. The number of H-pyrrole nitrogens is 1. The van der Waals surface area contributed by atoms with Crippen molar-refractivity contribution in [1.29, 1.82) is 5.26 Å². The number of carbonyl (C=O) groups is 1. The van der Waals surface area contributed by atoms with Gasteiger partial charge >= 0.3 is 0 Å². The number of hydrogen-bond donors (Lipinski definition) is 2. The number of nitriles is 1. The Balaban J connectivity index is 1.85. The predicted molar refractivity (Wildman–Crippen MR) is 60.9 cm³/mol. The Morgan fingerprint density at radius 1 is 1.39 bits per heavy atom. The van der Waals surface area contributed by atoms with E-state index in [1.165, 1.54) is 0 Å². The number of aromatic nitrogens is 4. The van der Waals surface area contributed by atoms with Gasteiger partial charge in [-0.1, -0.05) is 17.3 Å². The molecule has 0 spiro atoms. The Bertz CT molecular complexity index is 554. The molecule has 2 rings (SSSR count). The first-order valence-corrected chi connectivity index (χ1v) is 5.26. The molecule has 0 atom stereocenters. The Morgan fingerprint density at radius 2 is 2.17 bits per heavy atom. The molecule has 0 bridgehead atoms. The summed E-state index contributed by atoms with van der Waals surface area (Å²) in [7, 11) is 0. The van der Waals surface area contributed by atoms with E-state index < -0.39 is 0 Å². The van der Waals surface area contributed by atoms with Crippen molar-refractivity contribution in [2.45, 2.75) is 13.0 Å². The van der Waals surface area contributed by atoms with Gasteiger partial charge < -0.3 is 5.32 Å². The van der Waals surface area contributed by atoms with E-state index in [-0.39, 0.29) is 18.9 Å². The number of amides is 1. The quantitative estimate of drug-likeness (QED) is 0.780. The van der Waals surface area contributed by atoms with Gasteiger partial charge in [0.25, 0.3) is 0 Å².